The fourth-order valence-corrected chi connectivity index (χ4v) is 3.78. The Morgan fingerprint density at radius 1 is 1.19 bits per heavy atom. The number of nitrogens with one attached hydrogen (secondary N) is 1. The van der Waals surface area contributed by atoms with E-state index in [-0.39, 0.29) is 23.8 Å². The number of ether oxygens (including phenoxy) is 2. The number of halogens is 3. The Morgan fingerprint density at radius 3 is 2.71 bits per heavy atom. The molecule has 1 unspecified atom stereocenters. The van der Waals surface area contributed by atoms with Gasteiger partial charge < -0.3 is 19.7 Å². The van der Waals surface area contributed by atoms with Crippen LogP contribution < -0.4 is 19.7 Å². The van der Waals surface area contributed by atoms with Crippen LogP contribution in [0.1, 0.15) is 24.5 Å². The summed E-state index contributed by atoms with van der Waals surface area (Å²) in [6, 6.07) is 13.4. The molecular weight excluding hydrogens is 409 g/mol. The fraction of sp³-hybridized carbons (Fsp3) is 0.435. The lowest BCUT2D eigenvalue weighted by molar-refractivity contribution is -0.153. The van der Waals surface area contributed by atoms with E-state index in [0.29, 0.717) is 19.0 Å². The zero-order chi connectivity index (χ0) is 22.4. The Labute approximate surface area is 180 Å². The van der Waals surface area contributed by atoms with Crippen LogP contribution >= 0.6 is 0 Å². The summed E-state index contributed by atoms with van der Waals surface area (Å²) in [7, 11) is 1.36. The molecule has 1 atom stereocenters. The van der Waals surface area contributed by atoms with Crippen LogP contribution in [0.2, 0.25) is 0 Å². The molecule has 1 N–H and O–H groups in total. The van der Waals surface area contributed by atoms with Gasteiger partial charge in [-0.3, -0.25) is 4.79 Å². The number of methoxy groups -OCH3 is 1. The second-order valence-corrected chi connectivity index (χ2v) is 7.61. The first kappa shape index (κ1) is 22.8. The van der Waals surface area contributed by atoms with Crippen LogP contribution in [0.3, 0.4) is 0 Å². The van der Waals surface area contributed by atoms with Gasteiger partial charge in [-0.1, -0.05) is 24.3 Å². The summed E-state index contributed by atoms with van der Waals surface area (Å²) in [6.07, 6.45) is -2.69. The molecule has 0 aliphatic carbocycles. The van der Waals surface area contributed by atoms with Crippen molar-refractivity contribution in [3.05, 3.63) is 53.6 Å². The molecule has 2 aromatic carbocycles. The quantitative estimate of drug-likeness (QED) is 0.642. The lowest BCUT2D eigenvalue weighted by atomic mass is 10.1. The molecule has 31 heavy (non-hydrogen) atoms. The zero-order valence-corrected chi connectivity index (χ0v) is 17.7. The third-order valence-electron chi connectivity index (χ3n) is 5.28. The molecule has 168 valence electrons. The number of benzene rings is 2. The summed E-state index contributed by atoms with van der Waals surface area (Å²) in [5, 5.41) is 2.95. The highest BCUT2D eigenvalue weighted by molar-refractivity contribution is 5.76. The number of aryl methyl sites for hydroxylation is 1. The molecule has 8 heteroatoms. The molecule has 0 spiro atoms. The van der Waals surface area contributed by atoms with Crippen LogP contribution in [-0.2, 0) is 17.6 Å². The molecule has 0 saturated heterocycles. The second kappa shape index (κ2) is 9.94. The van der Waals surface area contributed by atoms with Gasteiger partial charge >= 0.3 is 6.18 Å². The molecule has 1 amide bonds. The summed E-state index contributed by atoms with van der Waals surface area (Å²) in [5.41, 5.74) is 3.34. The molecule has 1 aliphatic rings. The molecule has 1 aliphatic heterocycles. The van der Waals surface area contributed by atoms with Crippen LogP contribution in [0.5, 0.6) is 11.5 Å². The highest BCUT2D eigenvalue weighted by atomic mass is 19.4. The third-order valence-corrected chi connectivity index (χ3v) is 5.28. The van der Waals surface area contributed by atoms with Crippen molar-refractivity contribution in [3.63, 3.8) is 0 Å². The van der Waals surface area contributed by atoms with E-state index >= 15 is 0 Å². The maximum absolute atomic E-state index is 12.3. The maximum Gasteiger partial charge on any atom is 0.422 e. The fourth-order valence-electron chi connectivity index (χ4n) is 3.78. The van der Waals surface area contributed by atoms with Gasteiger partial charge in [-0.15, -0.1) is 0 Å². The highest BCUT2D eigenvalue weighted by Gasteiger charge is 2.29. The average Bonchev–Trinajstić information content (AvgIpc) is 3.05. The van der Waals surface area contributed by atoms with E-state index in [9.17, 15) is 18.0 Å². The van der Waals surface area contributed by atoms with Crippen molar-refractivity contribution in [2.24, 2.45) is 0 Å². The molecule has 2 aromatic rings. The molecule has 0 saturated carbocycles. The predicted molar refractivity (Wildman–Crippen MR) is 113 cm³/mol. The smallest absolute Gasteiger partial charge is 0.422 e. The van der Waals surface area contributed by atoms with E-state index in [1.54, 1.807) is 12.1 Å². The monoisotopic (exact) mass is 436 g/mol. The first-order chi connectivity index (χ1) is 14.8. The minimum absolute atomic E-state index is 0.0213. The van der Waals surface area contributed by atoms with E-state index < -0.39 is 12.8 Å². The Balaban J connectivity index is 1.45. The molecule has 5 nitrogen and oxygen atoms in total. The van der Waals surface area contributed by atoms with E-state index in [4.69, 9.17) is 9.47 Å². The third kappa shape index (κ3) is 6.29. The summed E-state index contributed by atoms with van der Waals surface area (Å²) in [4.78, 5) is 14.5. The minimum atomic E-state index is -4.42. The van der Waals surface area contributed by atoms with Crippen molar-refractivity contribution in [2.45, 2.75) is 38.4 Å². The van der Waals surface area contributed by atoms with Crippen molar-refractivity contribution in [2.75, 3.05) is 31.7 Å². The number of anilines is 1. The summed E-state index contributed by atoms with van der Waals surface area (Å²) < 4.78 is 46.9. The normalized spacial score (nSPS) is 15.5. The van der Waals surface area contributed by atoms with Crippen LogP contribution in [0.25, 0.3) is 0 Å². The van der Waals surface area contributed by atoms with E-state index in [2.05, 4.69) is 29.3 Å². The number of carbonyl (C=O) groups excluding carboxylic acids is 1. The van der Waals surface area contributed by atoms with E-state index in [0.717, 1.165) is 18.5 Å². The SMILES string of the molecule is COc1cc(CCC(=O)NCCN2c3ccccc3CC2C)ccc1OCC(F)(F)F. The van der Waals surface area contributed by atoms with E-state index in [1.807, 2.05) is 12.1 Å². The van der Waals surface area contributed by atoms with Gasteiger partial charge in [-0.05, 0) is 49.1 Å². The van der Waals surface area contributed by atoms with Crippen molar-refractivity contribution >= 4 is 11.6 Å². The lowest BCUT2D eigenvalue weighted by Crippen LogP contribution is -2.37. The van der Waals surface area contributed by atoms with Gasteiger partial charge in [0, 0.05) is 31.2 Å². The Morgan fingerprint density at radius 2 is 1.97 bits per heavy atom. The van der Waals surface area contributed by atoms with Crippen molar-refractivity contribution < 1.29 is 27.4 Å². The number of para-hydroxylation sites is 1. The van der Waals surface area contributed by atoms with Crippen LogP contribution in [0, 0.1) is 0 Å². The number of rotatable bonds is 9. The van der Waals surface area contributed by atoms with E-state index in [1.165, 1.54) is 24.4 Å². The zero-order valence-electron chi connectivity index (χ0n) is 17.7. The number of amides is 1. The number of fused-ring (bicyclic) bond motifs is 1. The number of hydrogen-bond donors (Lipinski definition) is 1. The van der Waals surface area contributed by atoms with Crippen molar-refractivity contribution in [1.29, 1.82) is 0 Å². The van der Waals surface area contributed by atoms with Crippen LogP contribution in [0.4, 0.5) is 18.9 Å². The molecule has 0 bridgehead atoms. The first-order valence-corrected chi connectivity index (χ1v) is 10.2. The van der Waals surface area contributed by atoms with Gasteiger partial charge in [0.05, 0.1) is 7.11 Å². The standard InChI is InChI=1S/C23H27F3N2O3/c1-16-13-18-5-3-4-6-19(18)28(16)12-11-27-22(29)10-8-17-7-9-20(21(14-17)30-2)31-15-23(24,25)26/h3-7,9,14,16H,8,10-13,15H2,1-2H3,(H,27,29). The van der Waals surface area contributed by atoms with Gasteiger partial charge in [0.2, 0.25) is 5.91 Å². The Hall–Kier alpha value is -2.90. The first-order valence-electron chi connectivity index (χ1n) is 10.2. The maximum atomic E-state index is 12.3. The van der Waals surface area contributed by atoms with Gasteiger partial charge in [0.15, 0.2) is 18.1 Å². The van der Waals surface area contributed by atoms with Crippen molar-refractivity contribution in [1.82, 2.24) is 5.32 Å². The molecule has 3 rings (SSSR count). The topological polar surface area (TPSA) is 50.8 Å². The Kier molecular flexibility index (Phi) is 7.30. The predicted octanol–water partition coefficient (Wildman–Crippen LogP) is 4.14. The van der Waals surface area contributed by atoms with Crippen LogP contribution in [-0.4, -0.2) is 44.9 Å². The molecule has 0 radical (unpaired) electrons. The lowest BCUT2D eigenvalue weighted by Gasteiger charge is -2.25. The highest BCUT2D eigenvalue weighted by Crippen LogP contribution is 2.31. The molecular formula is C23H27F3N2O3. The largest absolute Gasteiger partial charge is 0.493 e. The number of hydrogen-bond acceptors (Lipinski definition) is 4. The summed E-state index contributed by atoms with van der Waals surface area (Å²) in [5.74, 6) is 0.161. The van der Waals surface area contributed by atoms with Gasteiger partial charge in [-0.2, -0.15) is 13.2 Å². The second-order valence-electron chi connectivity index (χ2n) is 7.61. The number of nitrogens with zero attached hydrogens (tertiary/aromatic N) is 1. The number of carbonyl (C=O) groups is 1. The van der Waals surface area contributed by atoms with Crippen molar-refractivity contribution in [3.8, 4) is 11.5 Å². The van der Waals surface area contributed by atoms with Gasteiger partial charge in [0.1, 0.15) is 0 Å². The minimum Gasteiger partial charge on any atom is -0.493 e. The summed E-state index contributed by atoms with van der Waals surface area (Å²) >= 11 is 0. The average molecular weight is 436 g/mol. The Bertz CT molecular complexity index is 902. The van der Waals surface area contributed by atoms with Gasteiger partial charge in [-0.25, -0.2) is 0 Å². The van der Waals surface area contributed by atoms with Gasteiger partial charge in [0.25, 0.3) is 0 Å². The van der Waals surface area contributed by atoms with Crippen LogP contribution in [0.15, 0.2) is 42.5 Å². The number of alkyl halides is 3. The molecule has 0 fully saturated rings. The molecule has 1 heterocycles. The summed E-state index contributed by atoms with van der Waals surface area (Å²) in [6.45, 7) is 2.08. The molecule has 0 aromatic heterocycles.